The highest BCUT2D eigenvalue weighted by atomic mass is 16.6. The molecule has 0 spiro atoms. The molecule has 0 aliphatic carbocycles. The van der Waals surface area contributed by atoms with Crippen molar-refractivity contribution in [3.63, 3.8) is 0 Å². The molecule has 0 saturated carbocycles. The van der Waals surface area contributed by atoms with Crippen LogP contribution in [0.4, 0.5) is 0 Å². The predicted molar refractivity (Wildman–Crippen MR) is 116 cm³/mol. The fraction of sp³-hybridized carbons (Fsp3) is 0.417. The Labute approximate surface area is 186 Å². The van der Waals surface area contributed by atoms with Gasteiger partial charge in [0.15, 0.2) is 13.2 Å². The van der Waals surface area contributed by atoms with Gasteiger partial charge in [-0.3, -0.25) is 9.59 Å². The van der Waals surface area contributed by atoms with Gasteiger partial charge in [-0.15, -0.1) is 0 Å². The lowest BCUT2D eigenvalue weighted by atomic mass is 9.98. The Balaban J connectivity index is 1.93. The van der Waals surface area contributed by atoms with Gasteiger partial charge in [-0.2, -0.15) is 0 Å². The number of esters is 4. The van der Waals surface area contributed by atoms with Gasteiger partial charge in [0.25, 0.3) is 0 Å². The Kier molecular flexibility index (Phi) is 9.66. The van der Waals surface area contributed by atoms with Crippen molar-refractivity contribution < 1.29 is 38.1 Å². The van der Waals surface area contributed by atoms with Gasteiger partial charge in [0.2, 0.25) is 0 Å². The van der Waals surface area contributed by atoms with Crippen molar-refractivity contribution in [2.75, 3.05) is 19.8 Å². The number of rotatable bonds is 11. The molecule has 0 aromatic heterocycles. The molecule has 0 heterocycles. The van der Waals surface area contributed by atoms with E-state index in [1.54, 1.807) is 37.3 Å². The first-order chi connectivity index (χ1) is 15.3. The van der Waals surface area contributed by atoms with Crippen LogP contribution in [0.2, 0.25) is 0 Å². The van der Waals surface area contributed by atoms with E-state index in [4.69, 9.17) is 14.2 Å². The summed E-state index contributed by atoms with van der Waals surface area (Å²) in [6.45, 7) is 4.41. The minimum absolute atomic E-state index is 0.312. The first-order valence-electron chi connectivity index (χ1n) is 10.5. The number of hydrogen-bond acceptors (Lipinski definition) is 8. The second-order valence-electron chi connectivity index (χ2n) is 7.28. The number of carbonyl (C=O) groups is 4. The SMILES string of the molecule is CCCCCOC(=O)COC(=O)C(C)c1ccc2cc(OC(=O)COC(C)=O)ccc2c1. The van der Waals surface area contributed by atoms with Crippen molar-refractivity contribution in [1.82, 2.24) is 0 Å². The molecule has 1 atom stereocenters. The minimum atomic E-state index is -0.684. The van der Waals surface area contributed by atoms with Gasteiger partial charge in [-0.05, 0) is 41.8 Å². The molecule has 0 N–H and O–H groups in total. The van der Waals surface area contributed by atoms with Gasteiger partial charge < -0.3 is 18.9 Å². The second-order valence-corrected chi connectivity index (χ2v) is 7.28. The van der Waals surface area contributed by atoms with Crippen molar-refractivity contribution >= 4 is 34.6 Å². The lowest BCUT2D eigenvalue weighted by Gasteiger charge is -2.13. The van der Waals surface area contributed by atoms with Crippen molar-refractivity contribution in [2.45, 2.75) is 46.0 Å². The van der Waals surface area contributed by atoms with Gasteiger partial charge in [0, 0.05) is 6.92 Å². The van der Waals surface area contributed by atoms with Crippen LogP contribution in [0.15, 0.2) is 36.4 Å². The van der Waals surface area contributed by atoms with Crippen LogP contribution in [0, 0.1) is 0 Å². The Hall–Kier alpha value is -3.42. The van der Waals surface area contributed by atoms with Gasteiger partial charge in [-0.1, -0.05) is 44.0 Å². The zero-order chi connectivity index (χ0) is 23.5. The molecule has 0 bridgehead atoms. The fourth-order valence-corrected chi connectivity index (χ4v) is 2.87. The average Bonchev–Trinajstić information content (AvgIpc) is 2.78. The molecule has 0 saturated heterocycles. The fourth-order valence-electron chi connectivity index (χ4n) is 2.87. The highest BCUT2D eigenvalue weighted by Crippen LogP contribution is 2.26. The van der Waals surface area contributed by atoms with Crippen LogP contribution in [0.5, 0.6) is 5.75 Å². The summed E-state index contributed by atoms with van der Waals surface area (Å²) in [4.78, 5) is 46.4. The monoisotopic (exact) mass is 444 g/mol. The maximum atomic E-state index is 12.3. The number of unbranched alkanes of at least 4 members (excludes halogenated alkanes) is 2. The van der Waals surface area contributed by atoms with E-state index >= 15 is 0 Å². The molecule has 0 fully saturated rings. The number of hydrogen-bond donors (Lipinski definition) is 0. The number of carbonyl (C=O) groups excluding carboxylic acids is 4. The molecule has 8 nitrogen and oxygen atoms in total. The van der Waals surface area contributed by atoms with E-state index in [1.807, 2.05) is 6.07 Å². The number of fused-ring (bicyclic) bond motifs is 1. The summed E-state index contributed by atoms with van der Waals surface area (Å²) < 4.78 is 19.9. The van der Waals surface area contributed by atoms with Crippen molar-refractivity contribution in [3.05, 3.63) is 42.0 Å². The summed E-state index contributed by atoms with van der Waals surface area (Å²) in [6.07, 6.45) is 2.79. The van der Waals surface area contributed by atoms with Gasteiger partial charge >= 0.3 is 23.9 Å². The first kappa shape index (κ1) is 24.8. The first-order valence-corrected chi connectivity index (χ1v) is 10.5. The molecule has 0 amide bonds. The second kappa shape index (κ2) is 12.4. The third-order valence-electron chi connectivity index (χ3n) is 4.66. The molecule has 2 aromatic rings. The molecule has 0 aliphatic heterocycles. The average molecular weight is 444 g/mol. The van der Waals surface area contributed by atoms with Crippen molar-refractivity contribution in [1.29, 1.82) is 0 Å². The molecule has 0 aliphatic rings. The van der Waals surface area contributed by atoms with Crippen LogP contribution in [-0.4, -0.2) is 43.7 Å². The lowest BCUT2D eigenvalue weighted by molar-refractivity contribution is -0.159. The molecule has 2 aromatic carbocycles. The maximum absolute atomic E-state index is 12.3. The molecule has 0 radical (unpaired) electrons. The Morgan fingerprint density at radius 3 is 2.25 bits per heavy atom. The van der Waals surface area contributed by atoms with Gasteiger partial charge in [0.05, 0.1) is 12.5 Å². The lowest BCUT2D eigenvalue weighted by Crippen LogP contribution is -2.20. The molecule has 172 valence electrons. The normalized spacial score (nSPS) is 11.5. The van der Waals surface area contributed by atoms with Crippen molar-refractivity contribution in [2.24, 2.45) is 0 Å². The highest BCUT2D eigenvalue weighted by molar-refractivity contribution is 5.88. The van der Waals surface area contributed by atoms with Gasteiger partial charge in [-0.25, -0.2) is 9.59 Å². The summed E-state index contributed by atoms with van der Waals surface area (Å²) in [5.41, 5.74) is 0.721. The number of benzene rings is 2. The predicted octanol–water partition coefficient (Wildman–Crippen LogP) is 3.69. The number of ether oxygens (including phenoxy) is 4. The van der Waals surface area contributed by atoms with Crippen LogP contribution in [0.1, 0.15) is 51.5 Å². The third-order valence-corrected chi connectivity index (χ3v) is 4.66. The molecule has 8 heteroatoms. The van der Waals surface area contributed by atoms with Crippen molar-refractivity contribution in [3.8, 4) is 5.75 Å². The maximum Gasteiger partial charge on any atom is 0.349 e. The largest absolute Gasteiger partial charge is 0.463 e. The molecular formula is C24H28O8. The van der Waals surface area contributed by atoms with Crippen LogP contribution in [0.3, 0.4) is 0 Å². The smallest absolute Gasteiger partial charge is 0.349 e. The van der Waals surface area contributed by atoms with E-state index in [-0.39, 0.29) is 0 Å². The Morgan fingerprint density at radius 1 is 0.844 bits per heavy atom. The van der Waals surface area contributed by atoms with E-state index in [0.717, 1.165) is 35.6 Å². The molecule has 2 rings (SSSR count). The summed E-state index contributed by atoms with van der Waals surface area (Å²) in [7, 11) is 0. The highest BCUT2D eigenvalue weighted by Gasteiger charge is 2.19. The minimum Gasteiger partial charge on any atom is -0.463 e. The van der Waals surface area contributed by atoms with E-state index < -0.39 is 43.0 Å². The quantitative estimate of drug-likeness (QED) is 0.224. The van der Waals surface area contributed by atoms with Crippen LogP contribution in [-0.2, 0) is 33.4 Å². The van der Waals surface area contributed by atoms with Crippen LogP contribution < -0.4 is 4.74 Å². The van der Waals surface area contributed by atoms with Gasteiger partial charge in [0.1, 0.15) is 5.75 Å². The summed E-state index contributed by atoms with van der Waals surface area (Å²) in [5, 5.41) is 1.63. The van der Waals surface area contributed by atoms with Crippen LogP contribution in [0.25, 0.3) is 10.8 Å². The zero-order valence-corrected chi connectivity index (χ0v) is 18.6. The van der Waals surface area contributed by atoms with E-state index in [0.29, 0.717) is 12.4 Å². The summed E-state index contributed by atoms with van der Waals surface area (Å²) >= 11 is 0. The molecule has 1 unspecified atom stereocenters. The third kappa shape index (κ3) is 8.02. The molecule has 32 heavy (non-hydrogen) atoms. The Morgan fingerprint density at radius 2 is 1.53 bits per heavy atom. The summed E-state index contributed by atoms with van der Waals surface area (Å²) in [5.74, 6) is -2.59. The zero-order valence-electron chi connectivity index (χ0n) is 18.6. The Bertz CT molecular complexity index is 966. The topological polar surface area (TPSA) is 105 Å². The van der Waals surface area contributed by atoms with Crippen LogP contribution >= 0.6 is 0 Å². The van der Waals surface area contributed by atoms with E-state index in [9.17, 15) is 19.2 Å². The van der Waals surface area contributed by atoms with E-state index in [1.165, 1.54) is 6.92 Å². The standard InChI is InChI=1S/C24H28O8/c1-4-5-6-11-29-22(26)14-31-24(28)16(2)18-7-8-20-13-21(10-9-19(20)12-18)32-23(27)15-30-17(3)25/h7-10,12-13,16H,4-6,11,14-15H2,1-3H3. The molecular weight excluding hydrogens is 416 g/mol. The van der Waals surface area contributed by atoms with E-state index in [2.05, 4.69) is 11.7 Å². The summed E-state index contributed by atoms with van der Waals surface area (Å²) in [6, 6.07) is 10.4.